The normalized spacial score (nSPS) is 38.0. The summed E-state index contributed by atoms with van der Waals surface area (Å²) in [7, 11) is -3.95. The van der Waals surface area contributed by atoms with Crippen LogP contribution in [0.25, 0.3) is 12.7 Å². The smallest absolute Gasteiger partial charge is 0.507 e. The van der Waals surface area contributed by atoms with Crippen LogP contribution in [-0.4, -0.2) is 24.3 Å². The van der Waals surface area contributed by atoms with Gasteiger partial charge in [-0.1, -0.05) is 52.0 Å². The molecule has 6 atom stereocenters. The largest absolute Gasteiger partial charge is 0.532 e. The van der Waals surface area contributed by atoms with Gasteiger partial charge in [-0.05, 0) is 117 Å². The van der Waals surface area contributed by atoms with E-state index >= 15 is 0 Å². The molecule has 7 heteroatoms. The van der Waals surface area contributed by atoms with Crippen LogP contribution in [0.1, 0.15) is 105 Å². The third kappa shape index (κ3) is 4.33. The van der Waals surface area contributed by atoms with E-state index in [0.717, 1.165) is 42.9 Å². The second kappa shape index (κ2) is 9.82. The second-order valence-electron chi connectivity index (χ2n) is 14.4. The molecule has 3 fully saturated rings. The number of phenols is 1. The molecule has 0 aliphatic heterocycles. The van der Waals surface area contributed by atoms with E-state index in [9.17, 15) is 14.5 Å². The first-order valence-electron chi connectivity index (χ1n) is 15.4. The second-order valence-corrected chi connectivity index (χ2v) is 16.0. The molecule has 1 N–H and O–H groups in total. The van der Waals surface area contributed by atoms with Crippen molar-refractivity contribution < 1.29 is 28.0 Å². The molecule has 5 rings (SSSR count). The number of allylic oxidation sites excluding steroid dienone is 2. The average Bonchev–Trinajstić information content (AvgIpc) is 2.90. The Morgan fingerprint density at radius 3 is 2.27 bits per heavy atom. The number of benzene rings is 1. The van der Waals surface area contributed by atoms with Crippen LogP contribution in [0.4, 0.5) is 0 Å². The number of phosphoric acid groups is 1. The molecule has 1 aromatic rings. The van der Waals surface area contributed by atoms with Gasteiger partial charge in [0.2, 0.25) is 0 Å². The van der Waals surface area contributed by atoms with Gasteiger partial charge in [0.25, 0.3) is 0 Å². The summed E-state index contributed by atoms with van der Waals surface area (Å²) in [6, 6.07) is 2.10. The van der Waals surface area contributed by atoms with E-state index in [1.807, 2.05) is 13.8 Å². The molecule has 41 heavy (non-hydrogen) atoms. The van der Waals surface area contributed by atoms with Crippen LogP contribution in [0, 0.1) is 34.5 Å². The first-order valence-corrected chi connectivity index (χ1v) is 16.9. The van der Waals surface area contributed by atoms with Crippen molar-refractivity contribution in [3.8, 4) is 5.75 Å². The summed E-state index contributed by atoms with van der Waals surface area (Å²) in [5.74, 6) is 0.0986. The van der Waals surface area contributed by atoms with E-state index in [2.05, 4.69) is 52.5 Å². The lowest BCUT2D eigenvalue weighted by Crippen LogP contribution is -2.63. The maximum Gasteiger partial charge on any atom is 0.532 e. The Balaban J connectivity index is 1.54. The molecule has 0 bridgehead atoms. The number of hydrogen-bond acceptors (Lipinski definition) is 6. The molecule has 0 saturated heterocycles. The van der Waals surface area contributed by atoms with Crippen LogP contribution in [0.15, 0.2) is 17.7 Å². The molecule has 0 aromatic heterocycles. The highest BCUT2D eigenvalue weighted by Crippen LogP contribution is 2.74. The minimum atomic E-state index is -3.95. The van der Waals surface area contributed by atoms with Crippen LogP contribution in [0.2, 0.25) is 0 Å². The molecule has 0 heterocycles. The topological polar surface area (TPSA) is 82.1 Å². The van der Waals surface area contributed by atoms with Crippen LogP contribution in [0.5, 0.6) is 5.75 Å². The lowest BCUT2D eigenvalue weighted by Gasteiger charge is -2.69. The highest BCUT2D eigenvalue weighted by molar-refractivity contribution is 7.49. The van der Waals surface area contributed by atoms with Crippen LogP contribution < -0.4 is 10.4 Å². The Labute approximate surface area is 245 Å². The van der Waals surface area contributed by atoms with Gasteiger partial charge in [-0.2, -0.15) is 0 Å². The number of carbonyl (C=O) groups is 1. The van der Waals surface area contributed by atoms with E-state index in [4.69, 9.17) is 13.6 Å². The van der Waals surface area contributed by atoms with Gasteiger partial charge in [-0.3, -0.25) is 13.8 Å². The van der Waals surface area contributed by atoms with Crippen molar-refractivity contribution in [2.75, 3.05) is 13.2 Å². The summed E-state index contributed by atoms with van der Waals surface area (Å²) in [6.07, 6.45) is 11.1. The van der Waals surface area contributed by atoms with Gasteiger partial charge in [0.15, 0.2) is 0 Å². The van der Waals surface area contributed by atoms with Crippen molar-refractivity contribution in [3.05, 3.63) is 39.3 Å². The average molecular weight is 585 g/mol. The van der Waals surface area contributed by atoms with Gasteiger partial charge in [-0.25, -0.2) is 4.57 Å². The monoisotopic (exact) mass is 584 g/mol. The zero-order valence-corrected chi connectivity index (χ0v) is 27.2. The van der Waals surface area contributed by atoms with Gasteiger partial charge < -0.3 is 9.63 Å². The number of carbonyl (C=O) groups excluding carboxylic acids is 1. The van der Waals surface area contributed by atoms with Crippen molar-refractivity contribution in [3.63, 3.8) is 0 Å². The molecule has 0 amide bonds. The minimum absolute atomic E-state index is 0.0402. The van der Waals surface area contributed by atoms with Gasteiger partial charge in [0, 0.05) is 10.6 Å². The minimum Gasteiger partial charge on any atom is -0.507 e. The third-order valence-corrected chi connectivity index (χ3v) is 13.8. The van der Waals surface area contributed by atoms with Crippen molar-refractivity contribution in [2.45, 2.75) is 106 Å². The maximum atomic E-state index is 13.7. The first-order chi connectivity index (χ1) is 19.0. The van der Waals surface area contributed by atoms with Gasteiger partial charge >= 0.3 is 13.8 Å². The zero-order valence-electron chi connectivity index (χ0n) is 26.3. The number of phenolic OH excluding ortho intramolecular Hbond substituents is 1. The molecule has 0 radical (unpaired) electrons. The highest BCUT2D eigenvalue weighted by Gasteiger charge is 2.67. The fraction of sp³-hybridized carbons (Fsp3) is 0.676. The molecule has 4 aliphatic rings. The molecule has 4 aliphatic carbocycles. The molecule has 6 nitrogen and oxygen atoms in total. The summed E-state index contributed by atoms with van der Waals surface area (Å²) in [4.78, 5) is 13.7. The Morgan fingerprint density at radius 2 is 1.63 bits per heavy atom. The zero-order chi connectivity index (χ0) is 30.2. The summed E-state index contributed by atoms with van der Waals surface area (Å²) >= 11 is 0. The quantitative estimate of drug-likeness (QED) is 0.356. The summed E-state index contributed by atoms with van der Waals surface area (Å²) in [5.41, 5.74) is 2.72. The van der Waals surface area contributed by atoms with Crippen molar-refractivity contribution >= 4 is 26.4 Å². The van der Waals surface area contributed by atoms with E-state index in [-0.39, 0.29) is 46.5 Å². The highest BCUT2D eigenvalue weighted by atomic mass is 31.2. The fourth-order valence-electron chi connectivity index (χ4n) is 9.36. The summed E-state index contributed by atoms with van der Waals surface area (Å²) < 4.78 is 29.3. The number of rotatable bonds is 6. The first kappa shape index (κ1) is 30.6. The molecule has 226 valence electrons. The van der Waals surface area contributed by atoms with Crippen molar-refractivity contribution in [2.24, 2.45) is 27.6 Å². The van der Waals surface area contributed by atoms with Crippen LogP contribution in [0.3, 0.4) is 0 Å². The number of phosphoric ester groups is 1. The lowest BCUT2D eigenvalue weighted by atomic mass is 9.35. The fourth-order valence-corrected chi connectivity index (χ4v) is 10.6. The molecule has 3 saturated carbocycles. The SMILES string of the molecule is C=c1cc2c(c(C)c1O)=CC=C1[C@@]2(C)CC[C@@]2(C)[C@@H]3C[C@](C)(C(=O)OP(=O)(OCC)OCC)CC[C@]3(C)CC[C@]12C. The predicted octanol–water partition coefficient (Wildman–Crippen LogP) is 7.23. The summed E-state index contributed by atoms with van der Waals surface area (Å²) in [5, 5.41) is 12.4. The van der Waals surface area contributed by atoms with E-state index in [1.165, 1.54) is 11.1 Å². The van der Waals surface area contributed by atoms with E-state index in [0.29, 0.717) is 18.1 Å². The number of fused-ring (bicyclic) bond motifs is 7. The molecular weight excluding hydrogens is 535 g/mol. The molecular formula is C34H49O6P. The van der Waals surface area contributed by atoms with E-state index in [1.54, 1.807) is 13.8 Å². The van der Waals surface area contributed by atoms with Gasteiger partial charge in [-0.15, -0.1) is 0 Å². The standard InChI is InChI=1S/C34H49O6P/c1-10-38-41(37,39-11-2)40-29(36)31(6)15-14-30(5)16-18-33(8)26-13-12-24-23(4)28(35)22(3)20-25(24)32(26,7)17-19-34(33,9)27(30)21-31/h12-13,20,27,35H,3,10-11,14-19,21H2,1-2,4-9H3/t27-,30-,31-,32+,33-,34+/m1/s1. The Morgan fingerprint density at radius 1 is 1.00 bits per heavy atom. The molecule has 0 spiro atoms. The molecule has 1 aromatic carbocycles. The Kier molecular flexibility index (Phi) is 7.33. The summed E-state index contributed by atoms with van der Waals surface area (Å²) in [6.45, 7) is 21.5. The van der Waals surface area contributed by atoms with Gasteiger partial charge in [0.1, 0.15) is 5.75 Å². The third-order valence-electron chi connectivity index (χ3n) is 12.2. The Bertz CT molecular complexity index is 1450. The van der Waals surface area contributed by atoms with E-state index < -0.39 is 19.2 Å². The maximum absolute atomic E-state index is 13.7. The Hall–Kier alpha value is -1.88. The number of aromatic hydroxyl groups is 1. The molecule has 0 unspecified atom stereocenters. The van der Waals surface area contributed by atoms with Crippen LogP contribution in [-0.2, 0) is 28.3 Å². The van der Waals surface area contributed by atoms with Crippen LogP contribution >= 0.6 is 7.82 Å². The lowest BCUT2D eigenvalue weighted by molar-refractivity contribution is -0.176. The van der Waals surface area contributed by atoms with Crippen molar-refractivity contribution in [1.82, 2.24) is 0 Å². The van der Waals surface area contributed by atoms with Crippen molar-refractivity contribution in [1.29, 1.82) is 0 Å². The van der Waals surface area contributed by atoms with Gasteiger partial charge in [0.05, 0.1) is 18.6 Å². The number of hydrogen-bond donors (Lipinski definition) is 1. The predicted molar refractivity (Wildman–Crippen MR) is 163 cm³/mol.